The molecule has 0 heterocycles. The molecule has 2 N–H and O–H groups in total. The van der Waals surface area contributed by atoms with Crippen LogP contribution in [0.5, 0.6) is 0 Å². The van der Waals surface area contributed by atoms with Crippen LogP contribution >= 0.6 is 11.6 Å². The van der Waals surface area contributed by atoms with E-state index in [-0.39, 0.29) is 30.7 Å². The lowest BCUT2D eigenvalue weighted by Gasteiger charge is -2.22. The molecule has 1 aliphatic rings. The van der Waals surface area contributed by atoms with Crippen molar-refractivity contribution < 1.29 is 19.1 Å². The van der Waals surface area contributed by atoms with Crippen LogP contribution in [-0.2, 0) is 19.1 Å². The van der Waals surface area contributed by atoms with Gasteiger partial charge in [-0.2, -0.15) is 0 Å². The zero-order chi connectivity index (χ0) is 18.9. The highest BCUT2D eigenvalue weighted by Crippen LogP contribution is 2.25. The first-order valence-electron chi connectivity index (χ1n) is 8.89. The average Bonchev–Trinajstić information content (AvgIpc) is 2.66. The summed E-state index contributed by atoms with van der Waals surface area (Å²) >= 11 is 6.18. The summed E-state index contributed by atoms with van der Waals surface area (Å²) in [5, 5.41) is 5.90. The van der Waals surface area contributed by atoms with Crippen molar-refractivity contribution in [2.45, 2.75) is 44.6 Å². The summed E-state index contributed by atoms with van der Waals surface area (Å²) in [5.41, 5.74) is 0.631. The van der Waals surface area contributed by atoms with Gasteiger partial charge in [-0.3, -0.25) is 14.4 Å². The third-order valence-corrected chi connectivity index (χ3v) is 4.96. The molecule has 142 valence electrons. The number of nitrogens with one attached hydrogen (secondary N) is 2. The number of halogens is 1. The van der Waals surface area contributed by atoms with Gasteiger partial charge in [0.1, 0.15) is 0 Å². The Morgan fingerprint density at radius 2 is 1.88 bits per heavy atom. The first-order chi connectivity index (χ1) is 12.5. The maximum Gasteiger partial charge on any atom is 0.307 e. The van der Waals surface area contributed by atoms with Gasteiger partial charge in [-0.25, -0.2) is 0 Å². The largest absolute Gasteiger partial charge is 0.469 e. The predicted molar refractivity (Wildman–Crippen MR) is 98.6 cm³/mol. The quantitative estimate of drug-likeness (QED) is 0.712. The van der Waals surface area contributed by atoms with Crippen molar-refractivity contribution in [3.05, 3.63) is 34.9 Å². The molecule has 1 aliphatic carbocycles. The minimum Gasteiger partial charge on any atom is -0.469 e. The summed E-state index contributed by atoms with van der Waals surface area (Å²) < 4.78 is 4.70. The maximum atomic E-state index is 12.3. The Hall–Kier alpha value is -2.08. The average molecular weight is 381 g/mol. The topological polar surface area (TPSA) is 84.5 Å². The Kier molecular flexibility index (Phi) is 7.91. The van der Waals surface area contributed by atoms with E-state index >= 15 is 0 Å². The van der Waals surface area contributed by atoms with Gasteiger partial charge in [-0.15, -0.1) is 0 Å². The number of ether oxygens (including phenoxy) is 1. The van der Waals surface area contributed by atoms with Crippen LogP contribution in [0.4, 0.5) is 0 Å². The Morgan fingerprint density at radius 3 is 2.54 bits per heavy atom. The van der Waals surface area contributed by atoms with Crippen molar-refractivity contribution in [2.75, 3.05) is 13.7 Å². The number of hydrogen-bond acceptors (Lipinski definition) is 4. The van der Waals surface area contributed by atoms with E-state index in [1.165, 1.54) is 7.11 Å². The normalized spacial score (nSPS) is 15.8. The number of rotatable bonds is 7. The molecule has 0 aromatic heterocycles. The molecule has 1 aromatic carbocycles. The van der Waals surface area contributed by atoms with Gasteiger partial charge in [0, 0.05) is 10.9 Å². The van der Waals surface area contributed by atoms with Gasteiger partial charge < -0.3 is 15.4 Å². The van der Waals surface area contributed by atoms with Gasteiger partial charge in [0.25, 0.3) is 0 Å². The van der Waals surface area contributed by atoms with Crippen molar-refractivity contribution in [3.63, 3.8) is 0 Å². The molecule has 0 saturated heterocycles. The number of amides is 2. The summed E-state index contributed by atoms with van der Waals surface area (Å²) in [4.78, 5) is 36.1. The Bertz CT molecular complexity index is 644. The van der Waals surface area contributed by atoms with E-state index in [0.717, 1.165) is 32.1 Å². The van der Waals surface area contributed by atoms with Crippen molar-refractivity contribution in [1.29, 1.82) is 0 Å². The molecule has 1 atom stereocenters. The number of hydrogen-bond donors (Lipinski definition) is 2. The molecule has 0 radical (unpaired) electrons. The molecular weight excluding hydrogens is 356 g/mol. The monoisotopic (exact) mass is 380 g/mol. The van der Waals surface area contributed by atoms with Gasteiger partial charge in [0.2, 0.25) is 11.8 Å². The van der Waals surface area contributed by atoms with Gasteiger partial charge in [-0.1, -0.05) is 49.1 Å². The minimum atomic E-state index is -0.616. The molecule has 2 amide bonds. The second kappa shape index (κ2) is 10.2. The molecular formula is C19H25ClN2O4. The lowest BCUT2D eigenvalue weighted by molar-refractivity contribution is -0.141. The summed E-state index contributed by atoms with van der Waals surface area (Å²) in [6.45, 7) is -0.128. The summed E-state index contributed by atoms with van der Waals surface area (Å²) in [7, 11) is 1.29. The van der Waals surface area contributed by atoms with E-state index in [9.17, 15) is 14.4 Å². The summed E-state index contributed by atoms with van der Waals surface area (Å²) in [6.07, 6.45) is 4.98. The maximum absolute atomic E-state index is 12.3. The van der Waals surface area contributed by atoms with E-state index in [1.807, 2.05) is 0 Å². The fourth-order valence-electron chi connectivity index (χ4n) is 3.17. The molecule has 0 bridgehead atoms. The van der Waals surface area contributed by atoms with Crippen LogP contribution in [0.1, 0.15) is 50.1 Å². The van der Waals surface area contributed by atoms with Crippen LogP contribution in [-0.4, -0.2) is 31.4 Å². The number of carbonyl (C=O) groups is 3. The molecule has 1 aromatic rings. The zero-order valence-corrected chi connectivity index (χ0v) is 15.7. The van der Waals surface area contributed by atoms with Gasteiger partial charge in [-0.05, 0) is 24.5 Å². The van der Waals surface area contributed by atoms with Crippen LogP contribution in [0, 0.1) is 5.92 Å². The number of carbonyl (C=O) groups excluding carboxylic acids is 3. The van der Waals surface area contributed by atoms with Gasteiger partial charge in [0.15, 0.2) is 0 Å². The molecule has 6 nitrogen and oxygen atoms in total. The molecule has 26 heavy (non-hydrogen) atoms. The van der Waals surface area contributed by atoms with Crippen molar-refractivity contribution in [3.8, 4) is 0 Å². The zero-order valence-electron chi connectivity index (χ0n) is 14.9. The standard InChI is InChI=1S/C19H25ClN2O4/c1-26-18(24)11-16(14-9-5-6-10-15(14)20)22-17(23)12-21-19(25)13-7-3-2-4-8-13/h5-6,9-10,13,16H,2-4,7-8,11-12H2,1H3,(H,21,25)(H,22,23)/t16-/m0/s1. The SMILES string of the molecule is COC(=O)C[C@H](NC(=O)CNC(=O)C1CCCCC1)c1ccccc1Cl. The molecule has 0 aliphatic heterocycles. The van der Waals surface area contributed by atoms with E-state index in [4.69, 9.17) is 16.3 Å². The molecule has 0 spiro atoms. The molecule has 1 saturated carbocycles. The third kappa shape index (κ3) is 6.02. The number of esters is 1. The fourth-order valence-corrected chi connectivity index (χ4v) is 3.44. The fraction of sp³-hybridized carbons (Fsp3) is 0.526. The third-order valence-electron chi connectivity index (χ3n) is 4.61. The van der Waals surface area contributed by atoms with Gasteiger partial charge >= 0.3 is 5.97 Å². The number of benzene rings is 1. The minimum absolute atomic E-state index is 0.00835. The molecule has 0 unspecified atom stereocenters. The smallest absolute Gasteiger partial charge is 0.307 e. The Morgan fingerprint density at radius 1 is 1.19 bits per heavy atom. The van der Waals surface area contributed by atoms with Crippen molar-refractivity contribution >= 4 is 29.4 Å². The van der Waals surface area contributed by atoms with Crippen molar-refractivity contribution in [1.82, 2.24) is 10.6 Å². The van der Waals surface area contributed by atoms with E-state index in [2.05, 4.69) is 10.6 Å². The van der Waals surface area contributed by atoms with Crippen molar-refractivity contribution in [2.24, 2.45) is 5.92 Å². The lowest BCUT2D eigenvalue weighted by Crippen LogP contribution is -2.41. The van der Waals surface area contributed by atoms with Crippen LogP contribution in [0.3, 0.4) is 0 Å². The lowest BCUT2D eigenvalue weighted by atomic mass is 9.89. The van der Waals surface area contributed by atoms with Crippen LogP contribution in [0.15, 0.2) is 24.3 Å². The highest BCUT2D eigenvalue weighted by Gasteiger charge is 2.23. The molecule has 1 fully saturated rings. The van der Waals surface area contributed by atoms with Crippen LogP contribution in [0.25, 0.3) is 0 Å². The first-order valence-corrected chi connectivity index (χ1v) is 9.27. The summed E-state index contributed by atoms with van der Waals surface area (Å²) in [5.74, 6) is -0.919. The Balaban J connectivity index is 1.94. The second-order valence-corrected chi connectivity index (χ2v) is 6.88. The highest BCUT2D eigenvalue weighted by atomic mass is 35.5. The Labute approximate surface area is 158 Å². The second-order valence-electron chi connectivity index (χ2n) is 6.47. The van der Waals surface area contributed by atoms with E-state index in [0.29, 0.717) is 10.6 Å². The molecule has 7 heteroatoms. The van der Waals surface area contributed by atoms with Crippen LogP contribution in [0.2, 0.25) is 5.02 Å². The first kappa shape index (κ1) is 20.2. The van der Waals surface area contributed by atoms with E-state index in [1.54, 1.807) is 24.3 Å². The number of methoxy groups -OCH3 is 1. The van der Waals surface area contributed by atoms with Crippen LogP contribution < -0.4 is 10.6 Å². The predicted octanol–water partition coefficient (Wildman–Crippen LogP) is 2.76. The van der Waals surface area contributed by atoms with Gasteiger partial charge in [0.05, 0.1) is 26.1 Å². The molecule has 2 rings (SSSR count). The summed E-state index contributed by atoms with van der Waals surface area (Å²) in [6, 6.07) is 6.38. The highest BCUT2D eigenvalue weighted by molar-refractivity contribution is 6.31. The van der Waals surface area contributed by atoms with E-state index < -0.39 is 12.0 Å².